The Morgan fingerprint density at radius 1 is 1.16 bits per heavy atom. The van der Waals surface area contributed by atoms with Crippen LogP contribution in [0.5, 0.6) is 5.75 Å². The fourth-order valence-corrected chi connectivity index (χ4v) is 5.19. The Hall–Kier alpha value is -3.59. The van der Waals surface area contributed by atoms with Crippen molar-refractivity contribution in [1.82, 2.24) is 19.5 Å². The molecule has 5 rings (SSSR count). The molecule has 0 saturated carbocycles. The number of aromatic nitrogens is 4. The zero-order valence-corrected chi connectivity index (χ0v) is 18.1. The topological polar surface area (TPSA) is 110 Å². The highest BCUT2D eigenvalue weighted by Crippen LogP contribution is 2.33. The number of phenols is 1. The van der Waals surface area contributed by atoms with Gasteiger partial charge in [-0.15, -0.1) is 11.3 Å². The summed E-state index contributed by atoms with van der Waals surface area (Å²) in [4.78, 5) is 40.4. The van der Waals surface area contributed by atoms with Crippen molar-refractivity contribution in [3.63, 3.8) is 0 Å². The summed E-state index contributed by atoms with van der Waals surface area (Å²) in [6, 6.07) is 6.65. The molecule has 8 nitrogen and oxygen atoms in total. The van der Waals surface area contributed by atoms with Crippen molar-refractivity contribution in [3.8, 4) is 17.1 Å². The number of fused-ring (bicyclic) bond motifs is 3. The predicted octanol–water partition coefficient (Wildman–Crippen LogP) is 3.53. The van der Waals surface area contributed by atoms with Gasteiger partial charge in [-0.2, -0.15) is 0 Å². The molecule has 3 heterocycles. The Balaban J connectivity index is 1.26. The van der Waals surface area contributed by atoms with E-state index in [0.717, 1.165) is 41.5 Å². The summed E-state index contributed by atoms with van der Waals surface area (Å²) >= 11 is 1.62. The molecule has 0 saturated heterocycles. The molecule has 0 fully saturated rings. The summed E-state index contributed by atoms with van der Waals surface area (Å²) in [6.07, 6.45) is 8.90. The van der Waals surface area contributed by atoms with Crippen molar-refractivity contribution in [2.45, 2.75) is 38.6 Å². The highest BCUT2D eigenvalue weighted by molar-refractivity contribution is 7.18. The van der Waals surface area contributed by atoms with Gasteiger partial charge >= 0.3 is 0 Å². The van der Waals surface area contributed by atoms with Crippen molar-refractivity contribution in [1.29, 1.82) is 0 Å². The summed E-state index contributed by atoms with van der Waals surface area (Å²) in [6.45, 7) is 0.250. The molecule has 1 amide bonds. The number of rotatable bonds is 5. The number of aryl methyl sites for hydroxylation is 3. The molecule has 1 aliphatic carbocycles. The van der Waals surface area contributed by atoms with Crippen LogP contribution in [0.2, 0.25) is 0 Å². The zero-order chi connectivity index (χ0) is 22.1. The van der Waals surface area contributed by atoms with E-state index in [9.17, 15) is 14.7 Å². The highest BCUT2D eigenvalue weighted by atomic mass is 32.1. The van der Waals surface area contributed by atoms with Crippen LogP contribution in [0, 0.1) is 0 Å². The summed E-state index contributed by atoms with van der Waals surface area (Å²) in [5, 5.41) is 13.1. The quantitative estimate of drug-likeness (QED) is 0.484. The van der Waals surface area contributed by atoms with E-state index in [1.165, 1.54) is 28.2 Å². The number of anilines is 1. The molecule has 162 valence electrons. The van der Waals surface area contributed by atoms with E-state index >= 15 is 0 Å². The SMILES string of the molecule is O=C(CCn1cnc2sc3c(c2c1=O)CCCC3)Nc1cnc(-c2cccc(O)c2)nc1. The minimum Gasteiger partial charge on any atom is -0.508 e. The molecule has 1 aromatic carbocycles. The van der Waals surface area contributed by atoms with Crippen LogP contribution in [0.1, 0.15) is 29.7 Å². The Labute approximate surface area is 187 Å². The molecular weight excluding hydrogens is 426 g/mol. The van der Waals surface area contributed by atoms with E-state index in [2.05, 4.69) is 20.3 Å². The van der Waals surface area contributed by atoms with E-state index in [-0.39, 0.29) is 30.2 Å². The van der Waals surface area contributed by atoms with Gasteiger partial charge in [-0.1, -0.05) is 12.1 Å². The summed E-state index contributed by atoms with van der Waals surface area (Å²) < 4.78 is 1.52. The van der Waals surface area contributed by atoms with Gasteiger partial charge in [0.2, 0.25) is 5.91 Å². The average Bonchev–Trinajstić information content (AvgIpc) is 3.18. The lowest BCUT2D eigenvalue weighted by Crippen LogP contribution is -2.24. The second kappa shape index (κ2) is 8.51. The van der Waals surface area contributed by atoms with Crippen LogP contribution in [0.15, 0.2) is 47.8 Å². The number of hydrogen-bond donors (Lipinski definition) is 2. The van der Waals surface area contributed by atoms with Crippen LogP contribution in [-0.4, -0.2) is 30.5 Å². The maximum Gasteiger partial charge on any atom is 0.262 e. The minimum atomic E-state index is -0.238. The molecular formula is C23H21N5O3S. The molecule has 9 heteroatoms. The molecule has 0 atom stereocenters. The first-order valence-electron chi connectivity index (χ1n) is 10.5. The lowest BCUT2D eigenvalue weighted by Gasteiger charge is -2.10. The highest BCUT2D eigenvalue weighted by Gasteiger charge is 2.20. The normalized spacial score (nSPS) is 13.1. The van der Waals surface area contributed by atoms with Gasteiger partial charge in [0, 0.05) is 23.4 Å². The zero-order valence-electron chi connectivity index (χ0n) is 17.2. The molecule has 0 unspecified atom stereocenters. The number of phenolic OH excluding ortho intramolecular Hbond substituents is 1. The first kappa shape index (κ1) is 20.3. The number of carbonyl (C=O) groups is 1. The van der Waals surface area contributed by atoms with Crippen molar-refractivity contribution >= 4 is 33.1 Å². The monoisotopic (exact) mass is 447 g/mol. The number of amides is 1. The van der Waals surface area contributed by atoms with E-state index in [4.69, 9.17) is 0 Å². The number of nitrogens with one attached hydrogen (secondary N) is 1. The van der Waals surface area contributed by atoms with Crippen LogP contribution in [0.3, 0.4) is 0 Å². The maximum atomic E-state index is 13.0. The molecule has 4 aromatic rings. The molecule has 0 radical (unpaired) electrons. The first-order chi connectivity index (χ1) is 15.6. The third kappa shape index (κ3) is 3.99. The van der Waals surface area contributed by atoms with Gasteiger partial charge in [-0.3, -0.25) is 14.2 Å². The van der Waals surface area contributed by atoms with E-state index in [0.29, 0.717) is 17.1 Å². The van der Waals surface area contributed by atoms with Crippen molar-refractivity contribution in [3.05, 3.63) is 63.8 Å². The fraction of sp³-hybridized carbons (Fsp3) is 0.261. The van der Waals surface area contributed by atoms with E-state index in [1.54, 1.807) is 35.6 Å². The summed E-state index contributed by atoms with van der Waals surface area (Å²) in [7, 11) is 0. The first-order valence-corrected chi connectivity index (χ1v) is 11.3. The third-order valence-electron chi connectivity index (χ3n) is 5.56. The molecule has 3 aromatic heterocycles. The summed E-state index contributed by atoms with van der Waals surface area (Å²) in [5.41, 5.74) is 2.23. The minimum absolute atomic E-state index is 0.0685. The number of thiophene rings is 1. The number of nitrogens with zero attached hydrogens (tertiary/aromatic N) is 4. The number of hydrogen-bond acceptors (Lipinski definition) is 7. The fourth-order valence-electron chi connectivity index (χ4n) is 3.97. The maximum absolute atomic E-state index is 13.0. The van der Waals surface area contributed by atoms with Gasteiger partial charge in [0.05, 0.1) is 29.8 Å². The van der Waals surface area contributed by atoms with Crippen LogP contribution >= 0.6 is 11.3 Å². The van der Waals surface area contributed by atoms with Gasteiger partial charge in [-0.25, -0.2) is 15.0 Å². The molecule has 0 bridgehead atoms. The van der Waals surface area contributed by atoms with Crippen molar-refractivity contribution in [2.24, 2.45) is 0 Å². The van der Waals surface area contributed by atoms with Crippen LogP contribution in [0.4, 0.5) is 5.69 Å². The molecule has 32 heavy (non-hydrogen) atoms. The molecule has 0 spiro atoms. The van der Waals surface area contributed by atoms with E-state index in [1.807, 2.05) is 0 Å². The van der Waals surface area contributed by atoms with Gasteiger partial charge in [0.15, 0.2) is 5.82 Å². The predicted molar refractivity (Wildman–Crippen MR) is 123 cm³/mol. The number of benzene rings is 1. The summed E-state index contributed by atoms with van der Waals surface area (Å²) in [5.74, 6) is 0.344. The lowest BCUT2D eigenvalue weighted by atomic mass is 9.97. The lowest BCUT2D eigenvalue weighted by molar-refractivity contribution is -0.116. The standard InChI is InChI=1S/C23H21N5O3S/c29-16-5-3-4-14(10-16)21-24-11-15(12-25-21)27-19(30)8-9-28-13-26-22-20(23(28)31)17-6-1-2-7-18(17)32-22/h3-5,10-13,29H,1-2,6-9H2,(H,27,30). The van der Waals surface area contributed by atoms with Crippen LogP contribution in [-0.2, 0) is 24.2 Å². The molecule has 0 aliphatic heterocycles. The molecule has 2 N–H and O–H groups in total. The molecule has 1 aliphatic rings. The Kier molecular flexibility index (Phi) is 5.40. The Morgan fingerprint density at radius 3 is 2.78 bits per heavy atom. The van der Waals surface area contributed by atoms with Gasteiger partial charge in [0.25, 0.3) is 5.56 Å². The van der Waals surface area contributed by atoms with Crippen molar-refractivity contribution in [2.75, 3.05) is 5.32 Å². The third-order valence-corrected chi connectivity index (χ3v) is 6.76. The largest absolute Gasteiger partial charge is 0.508 e. The number of aromatic hydroxyl groups is 1. The Bertz CT molecular complexity index is 1360. The van der Waals surface area contributed by atoms with Crippen molar-refractivity contribution < 1.29 is 9.90 Å². The van der Waals surface area contributed by atoms with Gasteiger partial charge < -0.3 is 10.4 Å². The average molecular weight is 448 g/mol. The van der Waals surface area contributed by atoms with Gasteiger partial charge in [-0.05, 0) is 43.4 Å². The number of carbonyl (C=O) groups excluding carboxylic acids is 1. The second-order valence-electron chi connectivity index (χ2n) is 7.78. The van der Waals surface area contributed by atoms with E-state index < -0.39 is 0 Å². The van der Waals surface area contributed by atoms with Crippen LogP contribution in [0.25, 0.3) is 21.6 Å². The van der Waals surface area contributed by atoms with Gasteiger partial charge in [0.1, 0.15) is 10.6 Å². The smallest absolute Gasteiger partial charge is 0.262 e. The second-order valence-corrected chi connectivity index (χ2v) is 8.86. The Morgan fingerprint density at radius 2 is 1.97 bits per heavy atom. The van der Waals surface area contributed by atoms with Crippen LogP contribution < -0.4 is 10.9 Å².